The molecule has 0 aliphatic carbocycles. The maximum Gasteiger partial charge on any atom is 0.194 e. The van der Waals surface area contributed by atoms with E-state index < -0.39 is 0 Å². The fourth-order valence-corrected chi connectivity index (χ4v) is 2.30. The maximum atomic E-state index is 11.2. The lowest BCUT2D eigenvalue weighted by Gasteiger charge is -2.04. The number of hydrogen-bond acceptors (Lipinski definition) is 2. The van der Waals surface area contributed by atoms with E-state index in [1.807, 2.05) is 24.3 Å². The smallest absolute Gasteiger partial charge is 0.194 e. The minimum atomic E-state index is -0.0378. The molecule has 0 fully saturated rings. The summed E-state index contributed by atoms with van der Waals surface area (Å²) < 4.78 is 5.55. The molecule has 0 bridgehead atoms. The topological polar surface area (TPSA) is 30.2 Å². The predicted molar refractivity (Wildman–Crippen MR) is 75.5 cm³/mol. The lowest BCUT2D eigenvalue weighted by atomic mass is 10.0. The average molecular weight is 250 g/mol. The van der Waals surface area contributed by atoms with Crippen molar-refractivity contribution in [2.24, 2.45) is 0 Å². The number of Topliss-reactive ketones (excluding diaryl/α,β-unsaturated/α-hetero) is 1. The van der Waals surface area contributed by atoms with E-state index in [4.69, 9.17) is 4.42 Å². The molecular formula is C17H14O2. The first-order valence-corrected chi connectivity index (χ1v) is 6.30. The second kappa shape index (κ2) is 4.73. The Labute approximate surface area is 111 Å². The zero-order valence-corrected chi connectivity index (χ0v) is 10.7. The first kappa shape index (κ1) is 11.7. The zero-order chi connectivity index (χ0) is 13.2. The average Bonchev–Trinajstić information content (AvgIpc) is 2.88. The van der Waals surface area contributed by atoms with Crippen LogP contribution in [0.5, 0.6) is 0 Å². The van der Waals surface area contributed by atoms with Crippen LogP contribution in [0.2, 0.25) is 0 Å². The molecule has 3 aromatic rings. The Morgan fingerprint density at radius 1 is 1.00 bits per heavy atom. The number of ketones is 1. The Kier molecular flexibility index (Phi) is 2.92. The lowest BCUT2D eigenvalue weighted by molar-refractivity contribution is 0.0985. The third-order valence-electron chi connectivity index (χ3n) is 3.25. The highest BCUT2D eigenvalue weighted by atomic mass is 16.3. The molecule has 3 rings (SSSR count). The van der Waals surface area contributed by atoms with Gasteiger partial charge < -0.3 is 4.42 Å². The standard InChI is InChI=1S/C17H14O2/c1-12(18)17-10-9-15(19-17)11-14-7-4-6-13-5-2-3-8-16(13)14/h2-10H,11H2,1H3. The molecule has 0 spiro atoms. The van der Waals surface area contributed by atoms with Gasteiger partial charge in [0.1, 0.15) is 5.76 Å². The Bertz CT molecular complexity index is 732. The third-order valence-corrected chi connectivity index (χ3v) is 3.25. The summed E-state index contributed by atoms with van der Waals surface area (Å²) in [6.45, 7) is 1.51. The Balaban J connectivity index is 1.98. The summed E-state index contributed by atoms with van der Waals surface area (Å²) in [6, 6.07) is 18.1. The van der Waals surface area contributed by atoms with Crippen LogP contribution in [0.3, 0.4) is 0 Å². The second-order valence-corrected chi connectivity index (χ2v) is 4.64. The molecule has 0 aliphatic rings. The van der Waals surface area contributed by atoms with Gasteiger partial charge in [-0.15, -0.1) is 0 Å². The van der Waals surface area contributed by atoms with Crippen LogP contribution >= 0.6 is 0 Å². The zero-order valence-electron chi connectivity index (χ0n) is 10.7. The molecule has 0 atom stereocenters. The van der Waals surface area contributed by atoms with Crippen molar-refractivity contribution in [1.29, 1.82) is 0 Å². The molecule has 2 nitrogen and oxygen atoms in total. The fourth-order valence-electron chi connectivity index (χ4n) is 2.30. The summed E-state index contributed by atoms with van der Waals surface area (Å²) in [5.74, 6) is 1.21. The highest BCUT2D eigenvalue weighted by Gasteiger charge is 2.08. The van der Waals surface area contributed by atoms with E-state index in [1.165, 1.54) is 23.3 Å². The normalized spacial score (nSPS) is 10.8. The first-order chi connectivity index (χ1) is 9.24. The number of fused-ring (bicyclic) bond motifs is 1. The number of carbonyl (C=O) groups excluding carboxylic acids is 1. The highest BCUT2D eigenvalue weighted by molar-refractivity contribution is 5.91. The number of rotatable bonds is 3. The summed E-state index contributed by atoms with van der Waals surface area (Å²) in [6.07, 6.45) is 0.703. The predicted octanol–water partition coefficient (Wildman–Crippen LogP) is 4.23. The van der Waals surface area contributed by atoms with Crippen molar-refractivity contribution in [3.8, 4) is 0 Å². The van der Waals surface area contributed by atoms with Gasteiger partial charge in [0.25, 0.3) is 0 Å². The van der Waals surface area contributed by atoms with Crippen molar-refractivity contribution in [2.45, 2.75) is 13.3 Å². The van der Waals surface area contributed by atoms with Gasteiger partial charge in [-0.05, 0) is 28.5 Å². The molecular weight excluding hydrogens is 236 g/mol. The molecule has 19 heavy (non-hydrogen) atoms. The highest BCUT2D eigenvalue weighted by Crippen LogP contribution is 2.22. The van der Waals surface area contributed by atoms with Gasteiger partial charge in [0.15, 0.2) is 11.5 Å². The Morgan fingerprint density at radius 3 is 2.58 bits per heavy atom. The minimum absolute atomic E-state index is 0.0378. The first-order valence-electron chi connectivity index (χ1n) is 6.30. The van der Waals surface area contributed by atoms with E-state index in [0.29, 0.717) is 12.2 Å². The molecule has 0 N–H and O–H groups in total. The van der Waals surface area contributed by atoms with Crippen molar-refractivity contribution in [3.05, 3.63) is 71.7 Å². The van der Waals surface area contributed by atoms with Crippen LogP contribution < -0.4 is 0 Å². The van der Waals surface area contributed by atoms with Crippen LogP contribution in [0, 0.1) is 0 Å². The molecule has 0 amide bonds. The van der Waals surface area contributed by atoms with E-state index in [9.17, 15) is 4.79 Å². The molecule has 0 aliphatic heterocycles. The van der Waals surface area contributed by atoms with Crippen LogP contribution in [0.4, 0.5) is 0 Å². The third kappa shape index (κ3) is 2.29. The van der Waals surface area contributed by atoms with Gasteiger partial charge in [-0.2, -0.15) is 0 Å². The SMILES string of the molecule is CC(=O)c1ccc(Cc2cccc3ccccc23)o1. The molecule has 0 saturated heterocycles. The lowest BCUT2D eigenvalue weighted by Crippen LogP contribution is -1.89. The molecule has 94 valence electrons. The molecule has 2 aromatic carbocycles. The van der Waals surface area contributed by atoms with Crippen LogP contribution in [0.25, 0.3) is 10.8 Å². The van der Waals surface area contributed by atoms with Gasteiger partial charge in [0.05, 0.1) is 0 Å². The molecule has 2 heteroatoms. The molecule has 1 heterocycles. The van der Waals surface area contributed by atoms with Crippen LogP contribution in [0.15, 0.2) is 59.0 Å². The molecule has 0 saturated carbocycles. The number of hydrogen-bond donors (Lipinski definition) is 0. The summed E-state index contributed by atoms with van der Waals surface area (Å²) in [5.41, 5.74) is 1.21. The van der Waals surface area contributed by atoms with Gasteiger partial charge in [0.2, 0.25) is 0 Å². The quantitative estimate of drug-likeness (QED) is 0.651. The molecule has 0 radical (unpaired) electrons. The Hall–Kier alpha value is -2.35. The van der Waals surface area contributed by atoms with E-state index >= 15 is 0 Å². The summed E-state index contributed by atoms with van der Waals surface area (Å²) in [4.78, 5) is 11.2. The van der Waals surface area contributed by atoms with Crippen LogP contribution in [-0.2, 0) is 6.42 Å². The van der Waals surface area contributed by atoms with Crippen LogP contribution in [-0.4, -0.2) is 5.78 Å². The summed E-state index contributed by atoms with van der Waals surface area (Å²) in [5, 5.41) is 2.45. The largest absolute Gasteiger partial charge is 0.458 e. The number of carbonyl (C=O) groups is 1. The maximum absolute atomic E-state index is 11.2. The van der Waals surface area contributed by atoms with Crippen molar-refractivity contribution < 1.29 is 9.21 Å². The van der Waals surface area contributed by atoms with Gasteiger partial charge in [-0.1, -0.05) is 42.5 Å². The minimum Gasteiger partial charge on any atom is -0.458 e. The summed E-state index contributed by atoms with van der Waals surface area (Å²) in [7, 11) is 0. The van der Waals surface area contributed by atoms with Gasteiger partial charge in [0, 0.05) is 13.3 Å². The van der Waals surface area contributed by atoms with E-state index in [2.05, 4.69) is 24.3 Å². The molecule has 1 aromatic heterocycles. The number of furan rings is 1. The van der Waals surface area contributed by atoms with Gasteiger partial charge in [-0.3, -0.25) is 4.79 Å². The summed E-state index contributed by atoms with van der Waals surface area (Å²) >= 11 is 0. The van der Waals surface area contributed by atoms with Crippen molar-refractivity contribution in [1.82, 2.24) is 0 Å². The number of benzene rings is 2. The van der Waals surface area contributed by atoms with E-state index in [-0.39, 0.29) is 5.78 Å². The Morgan fingerprint density at radius 2 is 1.79 bits per heavy atom. The van der Waals surface area contributed by atoms with E-state index in [0.717, 1.165) is 5.76 Å². The second-order valence-electron chi connectivity index (χ2n) is 4.64. The molecule has 0 unspecified atom stereocenters. The van der Waals surface area contributed by atoms with Gasteiger partial charge >= 0.3 is 0 Å². The monoisotopic (exact) mass is 250 g/mol. The van der Waals surface area contributed by atoms with Gasteiger partial charge in [-0.25, -0.2) is 0 Å². The van der Waals surface area contributed by atoms with Crippen molar-refractivity contribution >= 4 is 16.6 Å². The van der Waals surface area contributed by atoms with Crippen LogP contribution in [0.1, 0.15) is 28.8 Å². The van der Waals surface area contributed by atoms with E-state index in [1.54, 1.807) is 6.07 Å². The van der Waals surface area contributed by atoms with Crippen molar-refractivity contribution in [3.63, 3.8) is 0 Å². The van der Waals surface area contributed by atoms with Crippen molar-refractivity contribution in [2.75, 3.05) is 0 Å². The fraction of sp³-hybridized carbons (Fsp3) is 0.118.